The molecular weight excluding hydrogens is 438 g/mol. The van der Waals surface area contributed by atoms with E-state index < -0.39 is 0 Å². The Morgan fingerprint density at radius 1 is 0.686 bits per heavy atom. The van der Waals surface area contributed by atoms with Crippen molar-refractivity contribution in [3.05, 3.63) is 106 Å². The SMILES string of the molecule is Cc1cc2c(cc1C)/C(=N/C1=N[C@@H](c3ccccc3)CO1)N/C2=N\C1=N[C@@H](c2ccccc2)CO1. The van der Waals surface area contributed by atoms with Crippen LogP contribution in [0.3, 0.4) is 0 Å². The summed E-state index contributed by atoms with van der Waals surface area (Å²) in [6.45, 7) is 5.13. The van der Waals surface area contributed by atoms with Gasteiger partial charge in [-0.1, -0.05) is 60.7 Å². The lowest BCUT2D eigenvalue weighted by molar-refractivity contribution is 0.315. The molecule has 0 spiro atoms. The van der Waals surface area contributed by atoms with Crippen LogP contribution in [0.4, 0.5) is 0 Å². The zero-order chi connectivity index (χ0) is 23.8. The first-order valence-electron chi connectivity index (χ1n) is 11.7. The van der Waals surface area contributed by atoms with E-state index in [1.165, 1.54) is 11.1 Å². The molecule has 1 N–H and O–H groups in total. The van der Waals surface area contributed by atoms with Crippen LogP contribution < -0.4 is 5.32 Å². The van der Waals surface area contributed by atoms with Crippen LogP contribution in [0.2, 0.25) is 0 Å². The molecule has 0 amide bonds. The molecule has 0 saturated heterocycles. The number of nitrogens with one attached hydrogen (secondary N) is 1. The number of nitrogens with zero attached hydrogens (tertiary/aromatic N) is 4. The van der Waals surface area contributed by atoms with Crippen molar-refractivity contribution in [1.82, 2.24) is 5.32 Å². The normalized spacial score (nSPS) is 22.9. The van der Waals surface area contributed by atoms with E-state index in [1.54, 1.807) is 0 Å². The fourth-order valence-corrected chi connectivity index (χ4v) is 4.36. The van der Waals surface area contributed by atoms with Gasteiger partial charge in [-0.2, -0.15) is 9.98 Å². The predicted molar refractivity (Wildman–Crippen MR) is 137 cm³/mol. The molecule has 35 heavy (non-hydrogen) atoms. The van der Waals surface area contributed by atoms with Crippen molar-refractivity contribution in [2.24, 2.45) is 20.0 Å². The molecule has 3 aromatic carbocycles. The molecule has 2 atom stereocenters. The minimum atomic E-state index is -0.0551. The molecule has 0 saturated carbocycles. The summed E-state index contributed by atoms with van der Waals surface area (Å²) in [5.41, 5.74) is 6.49. The third kappa shape index (κ3) is 4.21. The predicted octanol–water partition coefficient (Wildman–Crippen LogP) is 4.65. The Morgan fingerprint density at radius 2 is 1.11 bits per heavy atom. The fraction of sp³-hybridized carbons (Fsp3) is 0.214. The van der Waals surface area contributed by atoms with E-state index in [-0.39, 0.29) is 12.1 Å². The maximum atomic E-state index is 5.82. The first-order valence-corrected chi connectivity index (χ1v) is 11.7. The highest BCUT2D eigenvalue weighted by atomic mass is 16.5. The van der Waals surface area contributed by atoms with Gasteiger partial charge in [-0.25, -0.2) is 9.98 Å². The van der Waals surface area contributed by atoms with E-state index in [0.717, 1.165) is 22.3 Å². The number of hydrogen-bond acceptors (Lipinski definition) is 6. The Kier molecular flexibility index (Phi) is 5.37. The number of aliphatic imine (C=N–C) groups is 4. The molecule has 3 heterocycles. The van der Waals surface area contributed by atoms with Crippen LogP contribution in [-0.2, 0) is 9.47 Å². The van der Waals surface area contributed by atoms with Gasteiger partial charge in [0.05, 0.1) is 0 Å². The highest BCUT2D eigenvalue weighted by molar-refractivity contribution is 6.28. The fourth-order valence-electron chi connectivity index (χ4n) is 4.36. The van der Waals surface area contributed by atoms with E-state index in [9.17, 15) is 0 Å². The summed E-state index contributed by atoms with van der Waals surface area (Å²) < 4.78 is 11.6. The van der Waals surface area contributed by atoms with Gasteiger partial charge < -0.3 is 14.8 Å². The van der Waals surface area contributed by atoms with Crippen LogP contribution >= 0.6 is 0 Å². The minimum absolute atomic E-state index is 0.0551. The molecule has 3 aliphatic heterocycles. The summed E-state index contributed by atoms with van der Waals surface area (Å²) in [4.78, 5) is 18.8. The standard InChI is InChI=1S/C28H25N5O2/c1-17-13-21-22(14-18(17)2)26(33-28-30-24(16-35-28)20-11-7-4-8-12-20)31-25(21)32-27-29-23(15-34-27)19-9-5-3-6-10-19/h3-14,23-24H,15-16H2,1-2H3,(H,29,30,31,32,33)/t23-,24-/m1/s1. The average molecular weight is 464 g/mol. The highest BCUT2D eigenvalue weighted by Gasteiger charge is 2.29. The zero-order valence-electron chi connectivity index (χ0n) is 19.6. The maximum Gasteiger partial charge on any atom is 0.314 e. The minimum Gasteiger partial charge on any atom is -0.461 e. The number of benzene rings is 3. The molecule has 0 aromatic heterocycles. The largest absolute Gasteiger partial charge is 0.461 e. The highest BCUT2D eigenvalue weighted by Crippen LogP contribution is 2.27. The smallest absolute Gasteiger partial charge is 0.314 e. The van der Waals surface area contributed by atoms with E-state index in [4.69, 9.17) is 19.5 Å². The van der Waals surface area contributed by atoms with Crippen LogP contribution in [0.25, 0.3) is 0 Å². The first-order chi connectivity index (χ1) is 17.1. The summed E-state index contributed by atoms with van der Waals surface area (Å²) in [5, 5.41) is 3.35. The molecule has 3 aliphatic rings. The molecule has 0 bridgehead atoms. The summed E-state index contributed by atoms with van der Waals surface area (Å²) in [6, 6.07) is 25.1. The second-order valence-corrected chi connectivity index (χ2v) is 8.83. The van der Waals surface area contributed by atoms with Gasteiger partial charge in [0.2, 0.25) is 0 Å². The van der Waals surface area contributed by atoms with Gasteiger partial charge >= 0.3 is 12.0 Å². The Balaban J connectivity index is 1.32. The number of hydrogen-bond donors (Lipinski definition) is 1. The second-order valence-electron chi connectivity index (χ2n) is 8.83. The van der Waals surface area contributed by atoms with Gasteiger partial charge in [0.1, 0.15) is 37.0 Å². The van der Waals surface area contributed by atoms with Crippen LogP contribution in [0.1, 0.15) is 45.5 Å². The monoisotopic (exact) mass is 463 g/mol. The van der Waals surface area contributed by atoms with E-state index in [0.29, 0.717) is 36.9 Å². The quantitative estimate of drug-likeness (QED) is 0.601. The molecule has 6 rings (SSSR count). The Hall–Kier alpha value is -4.26. The molecule has 0 radical (unpaired) electrons. The Morgan fingerprint density at radius 3 is 1.54 bits per heavy atom. The third-order valence-corrected chi connectivity index (χ3v) is 6.44. The van der Waals surface area contributed by atoms with Crippen molar-refractivity contribution in [2.45, 2.75) is 25.9 Å². The lowest BCUT2D eigenvalue weighted by atomic mass is 10.0. The summed E-state index contributed by atoms with van der Waals surface area (Å²) in [7, 11) is 0. The van der Waals surface area contributed by atoms with Crippen LogP contribution in [0.15, 0.2) is 92.8 Å². The van der Waals surface area contributed by atoms with Gasteiger partial charge in [0.15, 0.2) is 0 Å². The van der Waals surface area contributed by atoms with Crippen molar-refractivity contribution in [2.75, 3.05) is 13.2 Å². The molecule has 7 nitrogen and oxygen atoms in total. The van der Waals surface area contributed by atoms with E-state index in [1.807, 2.05) is 36.4 Å². The molecule has 7 heteroatoms. The van der Waals surface area contributed by atoms with Crippen molar-refractivity contribution in [3.63, 3.8) is 0 Å². The summed E-state index contributed by atoms with van der Waals surface area (Å²) >= 11 is 0. The lowest BCUT2D eigenvalue weighted by Gasteiger charge is -2.04. The number of rotatable bonds is 2. The maximum absolute atomic E-state index is 5.82. The second kappa shape index (κ2) is 8.83. The average Bonchev–Trinajstić information content (AvgIpc) is 3.62. The zero-order valence-corrected chi connectivity index (χ0v) is 19.6. The molecule has 0 fully saturated rings. The van der Waals surface area contributed by atoms with Crippen molar-refractivity contribution in [1.29, 1.82) is 0 Å². The van der Waals surface area contributed by atoms with Crippen molar-refractivity contribution in [3.8, 4) is 0 Å². The number of ether oxygens (including phenoxy) is 2. The van der Waals surface area contributed by atoms with E-state index >= 15 is 0 Å². The van der Waals surface area contributed by atoms with Crippen LogP contribution in [-0.4, -0.2) is 36.9 Å². The molecule has 0 unspecified atom stereocenters. The van der Waals surface area contributed by atoms with Crippen molar-refractivity contribution < 1.29 is 9.47 Å². The van der Waals surface area contributed by atoms with Gasteiger partial charge in [0, 0.05) is 11.1 Å². The summed E-state index contributed by atoms with van der Waals surface area (Å²) in [6.07, 6.45) is 0. The van der Waals surface area contributed by atoms with Crippen LogP contribution in [0, 0.1) is 13.8 Å². The third-order valence-electron chi connectivity index (χ3n) is 6.44. The molecule has 3 aromatic rings. The van der Waals surface area contributed by atoms with Gasteiger partial charge in [-0.15, -0.1) is 0 Å². The van der Waals surface area contributed by atoms with Crippen molar-refractivity contribution >= 4 is 23.7 Å². The molecule has 174 valence electrons. The summed E-state index contributed by atoms with van der Waals surface area (Å²) in [5.74, 6) is 1.32. The molecule has 0 aliphatic carbocycles. The van der Waals surface area contributed by atoms with Crippen LogP contribution in [0.5, 0.6) is 0 Å². The number of fused-ring (bicyclic) bond motifs is 1. The molecular formula is C28H25N5O2. The topological polar surface area (TPSA) is 79.9 Å². The number of aryl methyl sites for hydroxylation is 2. The number of amidine groups is 4. The van der Waals surface area contributed by atoms with E-state index in [2.05, 4.69) is 65.5 Å². The lowest BCUT2D eigenvalue weighted by Crippen LogP contribution is -2.24. The Bertz CT molecular complexity index is 1290. The van der Waals surface area contributed by atoms with Gasteiger partial charge in [-0.3, -0.25) is 0 Å². The van der Waals surface area contributed by atoms with Gasteiger partial charge in [-0.05, 0) is 48.2 Å². The first kappa shape index (κ1) is 21.3. The Labute approximate surface area is 204 Å². The van der Waals surface area contributed by atoms with Gasteiger partial charge in [0.25, 0.3) is 0 Å².